The smallest absolute Gasteiger partial charge is 0.269 e. The number of nitrogens with zero attached hydrogens (tertiary/aromatic N) is 1. The summed E-state index contributed by atoms with van der Waals surface area (Å²) in [7, 11) is -3.73. The number of oxime groups is 1. The van der Waals surface area contributed by atoms with E-state index in [0.717, 1.165) is 34.9 Å². The van der Waals surface area contributed by atoms with Crippen molar-refractivity contribution >= 4 is 37.6 Å². The molecule has 0 aliphatic carbocycles. The molecule has 1 saturated heterocycles. The molecule has 2 aromatic carbocycles. The van der Waals surface area contributed by atoms with Crippen molar-refractivity contribution in [2.75, 3.05) is 13.2 Å². The van der Waals surface area contributed by atoms with Gasteiger partial charge in [0.1, 0.15) is 5.71 Å². The van der Waals surface area contributed by atoms with Crippen molar-refractivity contribution in [3.63, 3.8) is 0 Å². The van der Waals surface area contributed by atoms with Gasteiger partial charge in [0, 0.05) is 23.9 Å². The molecule has 0 aromatic heterocycles. The number of carbonyl (C=O) groups is 1. The Morgan fingerprint density at radius 3 is 2.62 bits per heavy atom. The average Bonchev–Trinajstić information content (AvgIpc) is 2.77. The average molecular weight is 524 g/mol. The highest BCUT2D eigenvalue weighted by Gasteiger charge is 2.18. The minimum Gasteiger partial charge on any atom is -0.363 e. The van der Waals surface area contributed by atoms with Gasteiger partial charge in [-0.1, -0.05) is 45.4 Å². The van der Waals surface area contributed by atoms with Crippen molar-refractivity contribution in [1.82, 2.24) is 5.32 Å². The second kappa shape index (κ2) is 11.6. The van der Waals surface area contributed by atoms with Gasteiger partial charge in [-0.25, -0.2) is 13.6 Å². The van der Waals surface area contributed by atoms with Crippen LogP contribution in [0.3, 0.4) is 0 Å². The van der Waals surface area contributed by atoms with Crippen LogP contribution in [0.25, 0.3) is 0 Å². The highest BCUT2D eigenvalue weighted by atomic mass is 79.9. The zero-order valence-corrected chi connectivity index (χ0v) is 19.9. The van der Waals surface area contributed by atoms with E-state index in [0.29, 0.717) is 26.0 Å². The van der Waals surface area contributed by atoms with E-state index in [9.17, 15) is 13.2 Å². The van der Waals surface area contributed by atoms with Crippen molar-refractivity contribution in [1.29, 1.82) is 0 Å². The monoisotopic (exact) mass is 523 g/mol. The molecule has 3 N–H and O–H groups in total. The van der Waals surface area contributed by atoms with E-state index in [1.807, 2.05) is 24.3 Å². The predicted octanol–water partition coefficient (Wildman–Crippen LogP) is 2.90. The van der Waals surface area contributed by atoms with Gasteiger partial charge in [0.25, 0.3) is 5.91 Å². The van der Waals surface area contributed by atoms with Crippen molar-refractivity contribution in [3.05, 3.63) is 64.1 Å². The Balaban J connectivity index is 1.61. The lowest BCUT2D eigenvalue weighted by molar-refractivity contribution is -0.162. The molecule has 3 rings (SSSR count). The Kier molecular flexibility index (Phi) is 8.80. The summed E-state index contributed by atoms with van der Waals surface area (Å²) in [5.41, 5.74) is 2.04. The summed E-state index contributed by atoms with van der Waals surface area (Å²) in [5, 5.41) is 12.1. The molecular formula is C22H26BrN3O5S. The first kappa shape index (κ1) is 24.4. The van der Waals surface area contributed by atoms with E-state index in [1.165, 1.54) is 12.1 Å². The van der Waals surface area contributed by atoms with Gasteiger partial charge in [0.15, 0.2) is 0 Å². The van der Waals surface area contributed by atoms with Gasteiger partial charge < -0.3 is 14.9 Å². The number of carbonyl (C=O) groups excluding carboxylic acids is 1. The maximum absolute atomic E-state index is 12.8. The number of hydrogen-bond acceptors (Lipinski definition) is 6. The highest BCUT2D eigenvalue weighted by Crippen LogP contribution is 2.16. The minimum atomic E-state index is -3.73. The molecule has 0 spiro atoms. The molecule has 1 unspecified atom stereocenters. The predicted molar refractivity (Wildman–Crippen MR) is 124 cm³/mol. The first-order valence-electron chi connectivity index (χ1n) is 10.3. The summed E-state index contributed by atoms with van der Waals surface area (Å²) in [5.74, 6) is -0.332. The van der Waals surface area contributed by atoms with Crippen LogP contribution in [0.15, 0.2) is 63.1 Å². The second-order valence-electron chi connectivity index (χ2n) is 7.44. The minimum absolute atomic E-state index is 0.0517. The molecule has 0 radical (unpaired) electrons. The maximum Gasteiger partial charge on any atom is 0.269 e. The molecule has 1 atom stereocenters. The largest absolute Gasteiger partial charge is 0.363 e. The van der Waals surface area contributed by atoms with Crippen LogP contribution in [-0.2, 0) is 37.2 Å². The van der Waals surface area contributed by atoms with Gasteiger partial charge in [-0.2, -0.15) is 0 Å². The summed E-state index contributed by atoms with van der Waals surface area (Å²) < 4.78 is 29.1. The van der Waals surface area contributed by atoms with E-state index in [-0.39, 0.29) is 16.5 Å². The van der Waals surface area contributed by atoms with E-state index in [1.54, 1.807) is 12.1 Å². The number of nitrogens with two attached hydrogens (primary N) is 1. The van der Waals surface area contributed by atoms with E-state index < -0.39 is 16.3 Å². The number of rotatable bonds is 9. The Morgan fingerprint density at radius 2 is 1.97 bits per heavy atom. The van der Waals surface area contributed by atoms with Crippen LogP contribution in [0.5, 0.6) is 0 Å². The molecule has 2 aromatic rings. The lowest BCUT2D eigenvalue weighted by Crippen LogP contribution is -2.34. The maximum atomic E-state index is 12.8. The SMILES string of the molecule is NS(=O)(=O)c1ccc(CCNC(=O)/C(Cc2cccc(Br)c2)=N/OC2CCCCO2)cc1. The van der Waals surface area contributed by atoms with E-state index in [4.69, 9.17) is 14.7 Å². The van der Waals surface area contributed by atoms with Crippen LogP contribution in [0, 0.1) is 0 Å². The van der Waals surface area contributed by atoms with Crippen LogP contribution in [0.4, 0.5) is 0 Å². The number of sulfonamides is 1. The molecule has 1 aliphatic heterocycles. The molecule has 1 fully saturated rings. The number of benzene rings is 2. The summed E-state index contributed by atoms with van der Waals surface area (Å²) in [6.45, 7) is 0.975. The summed E-state index contributed by atoms with van der Waals surface area (Å²) >= 11 is 3.44. The quantitative estimate of drug-likeness (QED) is 0.386. The Bertz CT molecular complexity index is 1050. The number of primary sulfonamides is 1. The number of ether oxygens (including phenoxy) is 1. The molecule has 32 heavy (non-hydrogen) atoms. The third-order valence-electron chi connectivity index (χ3n) is 4.89. The second-order valence-corrected chi connectivity index (χ2v) is 9.92. The van der Waals surface area contributed by atoms with Gasteiger partial charge in [0.05, 0.1) is 11.5 Å². The lowest BCUT2D eigenvalue weighted by atomic mass is 10.1. The van der Waals surface area contributed by atoms with Crippen molar-refractivity contribution in [2.24, 2.45) is 10.3 Å². The zero-order valence-electron chi connectivity index (χ0n) is 17.5. The van der Waals surface area contributed by atoms with Crippen LogP contribution in [0.1, 0.15) is 30.4 Å². The third kappa shape index (κ3) is 7.70. The third-order valence-corrected chi connectivity index (χ3v) is 6.31. The number of amides is 1. The fourth-order valence-corrected chi connectivity index (χ4v) is 4.14. The molecular weight excluding hydrogens is 498 g/mol. The molecule has 0 bridgehead atoms. The Morgan fingerprint density at radius 1 is 1.19 bits per heavy atom. The first-order chi connectivity index (χ1) is 15.3. The van der Waals surface area contributed by atoms with Crippen LogP contribution >= 0.6 is 15.9 Å². The number of halogens is 1. The van der Waals surface area contributed by atoms with Gasteiger partial charge in [-0.3, -0.25) is 4.79 Å². The number of hydrogen-bond donors (Lipinski definition) is 2. The normalized spacial score (nSPS) is 17.1. The molecule has 0 saturated carbocycles. The van der Waals surface area contributed by atoms with Gasteiger partial charge in [-0.15, -0.1) is 0 Å². The van der Waals surface area contributed by atoms with Crippen LogP contribution < -0.4 is 10.5 Å². The molecule has 1 amide bonds. The molecule has 1 heterocycles. The molecule has 172 valence electrons. The Labute approximate surface area is 196 Å². The summed E-state index contributed by atoms with van der Waals surface area (Å²) in [6, 6.07) is 13.9. The highest BCUT2D eigenvalue weighted by molar-refractivity contribution is 9.10. The fourth-order valence-electron chi connectivity index (χ4n) is 3.18. The van der Waals surface area contributed by atoms with Gasteiger partial charge in [-0.05, 0) is 54.7 Å². The zero-order chi connectivity index (χ0) is 23.0. The summed E-state index contributed by atoms with van der Waals surface area (Å²) in [6.07, 6.45) is 3.12. The van der Waals surface area contributed by atoms with E-state index in [2.05, 4.69) is 26.4 Å². The van der Waals surface area contributed by atoms with Crippen molar-refractivity contribution in [3.8, 4) is 0 Å². The molecule has 10 heteroatoms. The van der Waals surface area contributed by atoms with Crippen molar-refractivity contribution < 1.29 is 22.8 Å². The van der Waals surface area contributed by atoms with Crippen LogP contribution in [-0.4, -0.2) is 39.5 Å². The molecule has 8 nitrogen and oxygen atoms in total. The fraction of sp³-hybridized carbons (Fsp3) is 0.364. The van der Waals surface area contributed by atoms with Crippen molar-refractivity contribution in [2.45, 2.75) is 43.3 Å². The summed E-state index contributed by atoms with van der Waals surface area (Å²) in [4.78, 5) is 18.4. The number of nitrogens with one attached hydrogen (secondary N) is 1. The first-order valence-corrected chi connectivity index (χ1v) is 12.6. The van der Waals surface area contributed by atoms with Gasteiger partial charge >= 0.3 is 0 Å². The topological polar surface area (TPSA) is 120 Å². The standard InChI is InChI=1S/C22H26BrN3O5S/c23-18-5-3-4-17(14-18)15-20(26-31-21-6-1-2-13-30-21)22(27)25-12-11-16-7-9-19(10-8-16)32(24,28)29/h3-5,7-10,14,21H,1-2,6,11-13,15H2,(H,25,27)(H2,24,28,29)/b26-20+. The van der Waals surface area contributed by atoms with Crippen LogP contribution in [0.2, 0.25) is 0 Å². The Hall–Kier alpha value is -2.27. The van der Waals surface area contributed by atoms with Gasteiger partial charge in [0.2, 0.25) is 16.3 Å². The lowest BCUT2D eigenvalue weighted by Gasteiger charge is -2.20. The molecule has 1 aliphatic rings. The van der Waals surface area contributed by atoms with E-state index >= 15 is 0 Å².